The van der Waals surface area contributed by atoms with Crippen LogP contribution in [0.2, 0.25) is 0 Å². The third-order valence-corrected chi connectivity index (χ3v) is 5.79. The second kappa shape index (κ2) is 10.7. The predicted molar refractivity (Wildman–Crippen MR) is 129 cm³/mol. The highest BCUT2D eigenvalue weighted by Gasteiger charge is 2.25. The summed E-state index contributed by atoms with van der Waals surface area (Å²) in [5.41, 5.74) is 1.80. The van der Waals surface area contributed by atoms with Crippen LogP contribution in [0, 0.1) is 6.92 Å². The minimum absolute atomic E-state index is 0.0342. The van der Waals surface area contributed by atoms with Gasteiger partial charge in [0.1, 0.15) is 24.6 Å². The Labute approximate surface area is 201 Å². The summed E-state index contributed by atoms with van der Waals surface area (Å²) in [6.45, 7) is 11.5. The van der Waals surface area contributed by atoms with E-state index in [2.05, 4.69) is 17.9 Å². The van der Waals surface area contributed by atoms with Gasteiger partial charge >= 0.3 is 5.97 Å². The molecule has 2 unspecified atom stereocenters. The molecule has 184 valence electrons. The van der Waals surface area contributed by atoms with Crippen molar-refractivity contribution >= 4 is 5.97 Å². The molecule has 1 fully saturated rings. The third kappa shape index (κ3) is 6.64. The van der Waals surface area contributed by atoms with Crippen molar-refractivity contribution in [3.05, 3.63) is 53.6 Å². The van der Waals surface area contributed by atoms with E-state index in [-0.39, 0.29) is 18.2 Å². The smallest absolute Gasteiger partial charge is 0.307 e. The molecule has 0 radical (unpaired) electrons. The average Bonchev–Trinajstić information content (AvgIpc) is 2.80. The summed E-state index contributed by atoms with van der Waals surface area (Å²) < 4.78 is 29.2. The van der Waals surface area contributed by atoms with Crippen LogP contribution in [-0.4, -0.2) is 62.0 Å². The van der Waals surface area contributed by atoms with E-state index in [9.17, 15) is 4.79 Å². The Morgan fingerprint density at radius 3 is 2.71 bits per heavy atom. The lowest BCUT2D eigenvalue weighted by Crippen LogP contribution is -2.40. The van der Waals surface area contributed by atoms with Gasteiger partial charge in [-0.15, -0.1) is 0 Å². The number of para-hydroxylation sites is 2. The van der Waals surface area contributed by atoms with Gasteiger partial charge in [0, 0.05) is 19.6 Å². The summed E-state index contributed by atoms with van der Waals surface area (Å²) in [5.74, 6) is 2.15. The molecule has 34 heavy (non-hydrogen) atoms. The highest BCUT2D eigenvalue weighted by atomic mass is 16.6. The van der Waals surface area contributed by atoms with Crippen LogP contribution >= 0.6 is 0 Å². The van der Waals surface area contributed by atoms with Crippen LogP contribution in [0.15, 0.2) is 42.5 Å². The maximum Gasteiger partial charge on any atom is 0.307 e. The summed E-state index contributed by atoms with van der Waals surface area (Å²) in [6.07, 6.45) is 0.191. The highest BCUT2D eigenvalue weighted by molar-refractivity contribution is 5.70. The molecule has 0 spiro atoms. The topological polar surface area (TPSA) is 66.5 Å². The van der Waals surface area contributed by atoms with Gasteiger partial charge in [-0.25, -0.2) is 0 Å². The first-order chi connectivity index (χ1) is 16.3. The zero-order valence-corrected chi connectivity index (χ0v) is 20.5. The van der Waals surface area contributed by atoms with Gasteiger partial charge in [-0.05, 0) is 63.1 Å². The zero-order valence-electron chi connectivity index (χ0n) is 20.5. The van der Waals surface area contributed by atoms with Crippen LogP contribution in [0.4, 0.5) is 0 Å². The number of nitrogens with zero attached hydrogens (tertiary/aromatic N) is 1. The molecule has 2 heterocycles. The molecule has 0 bridgehead atoms. The Morgan fingerprint density at radius 2 is 1.94 bits per heavy atom. The van der Waals surface area contributed by atoms with Crippen molar-refractivity contribution < 1.29 is 28.5 Å². The first kappa shape index (κ1) is 24.4. The Bertz CT molecular complexity index is 985. The molecule has 0 amide bonds. The Hall–Kier alpha value is -2.77. The van der Waals surface area contributed by atoms with Gasteiger partial charge in [0.05, 0.1) is 19.1 Å². The number of carbonyl (C=O) groups is 1. The van der Waals surface area contributed by atoms with E-state index < -0.39 is 5.60 Å². The largest absolute Gasteiger partial charge is 0.490 e. The fraction of sp³-hybridized carbons (Fsp3) is 0.519. The van der Waals surface area contributed by atoms with Gasteiger partial charge in [0.15, 0.2) is 17.6 Å². The molecule has 2 atom stereocenters. The molecule has 0 N–H and O–H groups in total. The number of benzene rings is 2. The van der Waals surface area contributed by atoms with Gasteiger partial charge in [0.2, 0.25) is 0 Å². The van der Waals surface area contributed by atoms with E-state index in [1.807, 2.05) is 57.2 Å². The van der Waals surface area contributed by atoms with Crippen molar-refractivity contribution in [1.82, 2.24) is 4.90 Å². The summed E-state index contributed by atoms with van der Waals surface area (Å²) in [6, 6.07) is 13.8. The standard InChI is InChI=1S/C27H35NO6/c1-19-15-20(31-17-21-18-32-23-7-5-6-8-24(23)33-21)9-10-22(19)25-16-28(13-14-30-25)12-11-26(29)34-27(2,3)4/h5-10,15,21,25H,11-14,16-18H2,1-4H3. The zero-order chi connectivity index (χ0) is 24.1. The summed E-state index contributed by atoms with van der Waals surface area (Å²) in [4.78, 5) is 14.3. The van der Waals surface area contributed by atoms with Crippen molar-refractivity contribution in [2.75, 3.05) is 39.5 Å². The van der Waals surface area contributed by atoms with Gasteiger partial charge in [0.25, 0.3) is 0 Å². The van der Waals surface area contributed by atoms with Crippen LogP contribution in [0.3, 0.4) is 0 Å². The fourth-order valence-corrected chi connectivity index (χ4v) is 4.17. The SMILES string of the molecule is Cc1cc(OCC2COc3ccccc3O2)ccc1C1CN(CCC(=O)OC(C)(C)C)CCO1. The van der Waals surface area contributed by atoms with E-state index in [1.165, 1.54) is 0 Å². The molecule has 7 nitrogen and oxygen atoms in total. The van der Waals surface area contributed by atoms with E-state index in [4.69, 9.17) is 23.7 Å². The quantitative estimate of drug-likeness (QED) is 0.560. The molecule has 0 saturated carbocycles. The Morgan fingerprint density at radius 1 is 1.15 bits per heavy atom. The average molecular weight is 470 g/mol. The van der Waals surface area contributed by atoms with Gasteiger partial charge in [-0.2, -0.15) is 0 Å². The highest BCUT2D eigenvalue weighted by Crippen LogP contribution is 2.32. The number of ether oxygens (including phenoxy) is 5. The molecule has 0 aromatic heterocycles. The fourth-order valence-electron chi connectivity index (χ4n) is 4.17. The van der Waals surface area contributed by atoms with Crippen molar-refractivity contribution in [3.63, 3.8) is 0 Å². The number of rotatable bonds is 7. The normalized spacial score (nSPS) is 20.6. The molecular weight excluding hydrogens is 434 g/mol. The number of aryl methyl sites for hydroxylation is 1. The first-order valence-electron chi connectivity index (χ1n) is 11.9. The third-order valence-electron chi connectivity index (χ3n) is 5.79. The number of hydrogen-bond acceptors (Lipinski definition) is 7. The van der Waals surface area contributed by atoms with Crippen LogP contribution in [0.25, 0.3) is 0 Å². The number of hydrogen-bond donors (Lipinski definition) is 0. The lowest BCUT2D eigenvalue weighted by molar-refractivity contribution is -0.155. The Balaban J connectivity index is 1.28. The van der Waals surface area contributed by atoms with Crippen molar-refractivity contribution in [2.45, 2.75) is 51.9 Å². The molecule has 2 aromatic carbocycles. The monoisotopic (exact) mass is 469 g/mol. The van der Waals surface area contributed by atoms with E-state index >= 15 is 0 Å². The van der Waals surface area contributed by atoms with Gasteiger partial charge in [-0.1, -0.05) is 18.2 Å². The molecule has 2 aliphatic heterocycles. The van der Waals surface area contributed by atoms with E-state index in [0.717, 1.165) is 41.5 Å². The molecule has 1 saturated heterocycles. The lowest BCUT2D eigenvalue weighted by atomic mass is 10.0. The summed E-state index contributed by atoms with van der Waals surface area (Å²) in [7, 11) is 0. The molecule has 2 aliphatic rings. The van der Waals surface area contributed by atoms with Gasteiger partial charge < -0.3 is 23.7 Å². The number of esters is 1. The maximum atomic E-state index is 12.1. The molecule has 0 aliphatic carbocycles. The molecular formula is C27H35NO6. The summed E-state index contributed by atoms with van der Waals surface area (Å²) >= 11 is 0. The number of fused-ring (bicyclic) bond motifs is 1. The predicted octanol–water partition coefficient (Wildman–Crippen LogP) is 4.32. The molecule has 2 aromatic rings. The second-order valence-corrected chi connectivity index (χ2v) is 9.82. The van der Waals surface area contributed by atoms with Crippen LogP contribution in [-0.2, 0) is 14.3 Å². The second-order valence-electron chi connectivity index (χ2n) is 9.82. The minimum Gasteiger partial charge on any atom is -0.490 e. The Kier molecular flexibility index (Phi) is 7.63. The minimum atomic E-state index is -0.452. The van der Waals surface area contributed by atoms with Gasteiger partial charge in [-0.3, -0.25) is 9.69 Å². The van der Waals surface area contributed by atoms with Crippen molar-refractivity contribution in [2.24, 2.45) is 0 Å². The first-order valence-corrected chi connectivity index (χ1v) is 11.9. The lowest BCUT2D eigenvalue weighted by Gasteiger charge is -2.34. The summed E-state index contributed by atoms with van der Waals surface area (Å²) in [5, 5.41) is 0. The van der Waals surface area contributed by atoms with E-state index in [1.54, 1.807) is 0 Å². The van der Waals surface area contributed by atoms with E-state index in [0.29, 0.717) is 32.8 Å². The number of morpholine rings is 1. The van der Waals surface area contributed by atoms with Crippen molar-refractivity contribution in [3.8, 4) is 17.2 Å². The number of carbonyl (C=O) groups excluding carboxylic acids is 1. The molecule has 4 rings (SSSR count). The van der Waals surface area contributed by atoms with Crippen LogP contribution in [0.1, 0.15) is 44.4 Å². The van der Waals surface area contributed by atoms with Crippen LogP contribution < -0.4 is 14.2 Å². The van der Waals surface area contributed by atoms with Crippen molar-refractivity contribution in [1.29, 1.82) is 0 Å². The van der Waals surface area contributed by atoms with Crippen LogP contribution in [0.5, 0.6) is 17.2 Å². The molecule has 7 heteroatoms. The maximum absolute atomic E-state index is 12.1.